The van der Waals surface area contributed by atoms with E-state index in [1.54, 1.807) is 39.0 Å². The normalized spacial score (nSPS) is 21.9. The largest absolute Gasteiger partial charge is 0.343 e. The molecule has 4 nitrogen and oxygen atoms in total. The Labute approximate surface area is 128 Å². The molecule has 2 amide bonds. The third-order valence-corrected chi connectivity index (χ3v) is 4.30. The van der Waals surface area contributed by atoms with Gasteiger partial charge in [0.25, 0.3) is 0 Å². The van der Waals surface area contributed by atoms with Crippen molar-refractivity contribution in [2.75, 3.05) is 0 Å². The lowest BCUT2D eigenvalue weighted by Gasteiger charge is -2.43. The molecule has 0 radical (unpaired) electrons. The predicted molar refractivity (Wildman–Crippen MR) is 78.7 cm³/mol. The van der Waals surface area contributed by atoms with Crippen LogP contribution in [-0.4, -0.2) is 28.3 Å². The van der Waals surface area contributed by atoms with Crippen LogP contribution < -0.4 is 5.32 Å². The van der Waals surface area contributed by atoms with Gasteiger partial charge in [0.2, 0.25) is 11.8 Å². The second-order valence-corrected chi connectivity index (χ2v) is 6.19. The van der Waals surface area contributed by atoms with Crippen LogP contribution in [0, 0.1) is 0 Å². The first-order chi connectivity index (χ1) is 9.25. The van der Waals surface area contributed by atoms with Gasteiger partial charge in [0, 0.05) is 22.2 Å². The van der Waals surface area contributed by atoms with Gasteiger partial charge in [-0.05, 0) is 32.9 Å². The SMILES string of the molecule is CC1NC(=O)C(C)(C)N(Cc2c(Cl)cccc2Cl)C1=O. The molecule has 1 aromatic carbocycles. The van der Waals surface area contributed by atoms with Gasteiger partial charge in [0.15, 0.2) is 0 Å². The highest BCUT2D eigenvalue weighted by Crippen LogP contribution is 2.30. The van der Waals surface area contributed by atoms with Crippen LogP contribution in [0.2, 0.25) is 10.0 Å². The molecule has 20 heavy (non-hydrogen) atoms. The Bertz CT molecular complexity index is 552. The van der Waals surface area contributed by atoms with E-state index in [1.807, 2.05) is 0 Å². The van der Waals surface area contributed by atoms with Crippen molar-refractivity contribution in [2.45, 2.75) is 38.9 Å². The fourth-order valence-electron chi connectivity index (χ4n) is 2.18. The molecule has 1 unspecified atom stereocenters. The number of benzene rings is 1. The van der Waals surface area contributed by atoms with E-state index in [9.17, 15) is 9.59 Å². The van der Waals surface area contributed by atoms with Crippen LogP contribution in [0.15, 0.2) is 18.2 Å². The first kappa shape index (κ1) is 15.1. The summed E-state index contributed by atoms with van der Waals surface area (Å²) in [6.45, 7) is 5.28. The lowest BCUT2D eigenvalue weighted by Crippen LogP contribution is -2.67. The van der Waals surface area contributed by atoms with Crippen molar-refractivity contribution < 1.29 is 9.59 Å². The molecule has 0 aliphatic carbocycles. The van der Waals surface area contributed by atoms with Gasteiger partial charge in [-0.1, -0.05) is 29.3 Å². The maximum Gasteiger partial charge on any atom is 0.246 e. The van der Waals surface area contributed by atoms with Gasteiger partial charge in [-0.15, -0.1) is 0 Å². The number of halogens is 2. The van der Waals surface area contributed by atoms with Crippen molar-refractivity contribution in [3.8, 4) is 0 Å². The van der Waals surface area contributed by atoms with Gasteiger partial charge in [0.1, 0.15) is 11.6 Å². The van der Waals surface area contributed by atoms with Gasteiger partial charge in [0.05, 0.1) is 0 Å². The van der Waals surface area contributed by atoms with Crippen LogP contribution >= 0.6 is 23.2 Å². The van der Waals surface area contributed by atoms with E-state index in [0.29, 0.717) is 15.6 Å². The summed E-state index contributed by atoms with van der Waals surface area (Å²) in [6, 6.07) is 4.63. The van der Waals surface area contributed by atoms with Crippen LogP contribution in [0.4, 0.5) is 0 Å². The minimum Gasteiger partial charge on any atom is -0.343 e. The van der Waals surface area contributed by atoms with Gasteiger partial charge in [-0.3, -0.25) is 9.59 Å². The molecular weight excluding hydrogens is 299 g/mol. The van der Waals surface area contributed by atoms with Gasteiger partial charge >= 0.3 is 0 Å². The van der Waals surface area contributed by atoms with Crippen LogP contribution in [0.3, 0.4) is 0 Å². The minimum absolute atomic E-state index is 0.148. The summed E-state index contributed by atoms with van der Waals surface area (Å²) in [5.41, 5.74) is -0.286. The van der Waals surface area contributed by atoms with E-state index >= 15 is 0 Å². The summed E-state index contributed by atoms with van der Waals surface area (Å²) in [5.74, 6) is -0.335. The zero-order chi connectivity index (χ0) is 15.1. The zero-order valence-corrected chi connectivity index (χ0v) is 13.0. The quantitative estimate of drug-likeness (QED) is 0.912. The molecule has 0 saturated carbocycles. The van der Waals surface area contributed by atoms with Crippen molar-refractivity contribution in [3.05, 3.63) is 33.8 Å². The minimum atomic E-state index is -0.938. The first-order valence-corrected chi connectivity index (χ1v) is 7.06. The number of carbonyl (C=O) groups is 2. The molecule has 1 aromatic rings. The number of amides is 2. The highest BCUT2D eigenvalue weighted by Gasteiger charge is 2.44. The van der Waals surface area contributed by atoms with Crippen molar-refractivity contribution >= 4 is 35.0 Å². The Kier molecular flexibility index (Phi) is 3.98. The number of nitrogens with one attached hydrogen (secondary N) is 1. The molecule has 1 atom stereocenters. The Balaban J connectivity index is 2.39. The average Bonchev–Trinajstić information content (AvgIpc) is 2.35. The lowest BCUT2D eigenvalue weighted by atomic mass is 9.95. The van der Waals surface area contributed by atoms with Crippen molar-refractivity contribution in [3.63, 3.8) is 0 Å². The van der Waals surface area contributed by atoms with E-state index in [-0.39, 0.29) is 18.4 Å². The molecule has 6 heteroatoms. The highest BCUT2D eigenvalue weighted by molar-refractivity contribution is 6.36. The smallest absolute Gasteiger partial charge is 0.246 e. The summed E-state index contributed by atoms with van der Waals surface area (Å²) in [7, 11) is 0. The second kappa shape index (κ2) is 5.26. The fraction of sp³-hybridized carbons (Fsp3) is 0.429. The number of carbonyl (C=O) groups excluding carboxylic acids is 2. The van der Waals surface area contributed by atoms with E-state index in [2.05, 4.69) is 5.32 Å². The molecule has 1 aliphatic heterocycles. The van der Waals surface area contributed by atoms with E-state index in [4.69, 9.17) is 23.2 Å². The Morgan fingerprint density at radius 1 is 1.25 bits per heavy atom. The van der Waals surface area contributed by atoms with Gasteiger partial charge < -0.3 is 10.2 Å². The van der Waals surface area contributed by atoms with Crippen LogP contribution in [0.25, 0.3) is 0 Å². The van der Waals surface area contributed by atoms with Crippen LogP contribution in [-0.2, 0) is 16.1 Å². The topological polar surface area (TPSA) is 49.4 Å². The second-order valence-electron chi connectivity index (χ2n) is 5.38. The molecule has 1 aliphatic rings. The molecule has 0 spiro atoms. The van der Waals surface area contributed by atoms with Crippen LogP contribution in [0.1, 0.15) is 26.3 Å². The highest BCUT2D eigenvalue weighted by atomic mass is 35.5. The number of rotatable bonds is 2. The average molecular weight is 315 g/mol. The van der Waals surface area contributed by atoms with Crippen molar-refractivity contribution in [2.24, 2.45) is 0 Å². The molecule has 1 N–H and O–H groups in total. The zero-order valence-electron chi connectivity index (χ0n) is 11.5. The fourth-order valence-corrected chi connectivity index (χ4v) is 2.70. The molecule has 2 rings (SSSR count). The standard InChI is InChI=1S/C14H16Cl2N2O2/c1-8-12(19)18(14(2,3)13(20)17-8)7-9-10(15)5-4-6-11(9)16/h4-6,8H,7H2,1-3H3,(H,17,20). The molecule has 0 bridgehead atoms. The predicted octanol–water partition coefficient (Wildman–Crippen LogP) is 2.62. The Morgan fingerprint density at radius 2 is 1.80 bits per heavy atom. The third-order valence-electron chi connectivity index (χ3n) is 3.59. The number of hydrogen-bond acceptors (Lipinski definition) is 2. The molecular formula is C14H16Cl2N2O2. The molecule has 1 fully saturated rings. The summed E-state index contributed by atoms with van der Waals surface area (Å²) in [6.07, 6.45) is 0. The summed E-state index contributed by atoms with van der Waals surface area (Å²) in [5, 5.41) is 3.64. The number of hydrogen-bond donors (Lipinski definition) is 1. The van der Waals surface area contributed by atoms with Crippen molar-refractivity contribution in [1.29, 1.82) is 0 Å². The maximum atomic E-state index is 12.3. The molecule has 1 heterocycles. The molecule has 1 saturated heterocycles. The summed E-state index contributed by atoms with van der Waals surface area (Å²) < 4.78 is 0. The molecule has 0 aromatic heterocycles. The van der Waals surface area contributed by atoms with Gasteiger partial charge in [-0.2, -0.15) is 0 Å². The van der Waals surface area contributed by atoms with Crippen molar-refractivity contribution in [1.82, 2.24) is 10.2 Å². The van der Waals surface area contributed by atoms with E-state index in [0.717, 1.165) is 0 Å². The first-order valence-electron chi connectivity index (χ1n) is 6.30. The Morgan fingerprint density at radius 3 is 2.35 bits per heavy atom. The maximum absolute atomic E-state index is 12.3. The lowest BCUT2D eigenvalue weighted by molar-refractivity contribution is -0.155. The van der Waals surface area contributed by atoms with E-state index in [1.165, 1.54) is 4.90 Å². The summed E-state index contributed by atoms with van der Waals surface area (Å²) in [4.78, 5) is 25.9. The third kappa shape index (κ3) is 2.50. The Hall–Kier alpha value is -1.26. The monoisotopic (exact) mass is 314 g/mol. The number of piperazine rings is 1. The molecule has 108 valence electrons. The number of nitrogens with zero attached hydrogens (tertiary/aromatic N) is 1. The van der Waals surface area contributed by atoms with Gasteiger partial charge in [-0.25, -0.2) is 0 Å². The van der Waals surface area contributed by atoms with E-state index < -0.39 is 11.6 Å². The van der Waals surface area contributed by atoms with Crippen LogP contribution in [0.5, 0.6) is 0 Å². The summed E-state index contributed by atoms with van der Waals surface area (Å²) >= 11 is 12.3.